The van der Waals surface area contributed by atoms with Crippen LogP contribution in [0, 0.1) is 0 Å². The Hall–Kier alpha value is -1.63. The molecule has 2 N–H and O–H groups in total. The molecule has 0 atom stereocenters. The summed E-state index contributed by atoms with van der Waals surface area (Å²) < 4.78 is 0. The molecule has 2 aliphatic heterocycles. The van der Waals surface area contributed by atoms with E-state index < -0.39 is 0 Å². The van der Waals surface area contributed by atoms with Gasteiger partial charge in [-0.1, -0.05) is 32.1 Å². The lowest BCUT2D eigenvalue weighted by Crippen LogP contribution is -2.39. The Morgan fingerprint density at radius 3 is 1.79 bits per heavy atom. The lowest BCUT2D eigenvalue weighted by atomic mass is 9.96. The number of piperidine rings is 1. The molecule has 6 nitrogen and oxygen atoms in total. The molecule has 0 bridgehead atoms. The third-order valence-electron chi connectivity index (χ3n) is 6.47. The molecule has 1 aromatic heterocycles. The molecule has 4 rings (SSSR count). The Bertz CT molecular complexity index is 661. The normalized spacial score (nSPS) is 21.5. The molecule has 0 spiro atoms. The fraction of sp³-hybridized carbons (Fsp3) is 0.773. The van der Waals surface area contributed by atoms with E-state index in [9.17, 15) is 0 Å². The predicted octanol–water partition coefficient (Wildman–Crippen LogP) is 4.47. The van der Waals surface area contributed by atoms with Crippen LogP contribution in [-0.2, 0) is 0 Å². The van der Waals surface area contributed by atoms with Gasteiger partial charge in [-0.15, -0.1) is 0 Å². The van der Waals surface area contributed by atoms with E-state index in [1.54, 1.807) is 0 Å². The minimum absolute atomic E-state index is 0.485. The molecule has 7 heteroatoms. The molecule has 0 aromatic carbocycles. The quantitative estimate of drug-likeness (QED) is 0.703. The van der Waals surface area contributed by atoms with E-state index in [4.69, 9.17) is 22.2 Å². The summed E-state index contributed by atoms with van der Waals surface area (Å²) in [5.41, 5.74) is 0. The van der Waals surface area contributed by atoms with Gasteiger partial charge in [0.1, 0.15) is 11.6 Å². The molecule has 160 valence electrons. The average Bonchev–Trinajstić information content (AvgIpc) is 3.04. The summed E-state index contributed by atoms with van der Waals surface area (Å²) in [5, 5.41) is 7.46. The monoisotopic (exact) mass is 416 g/mol. The Morgan fingerprint density at radius 2 is 1.24 bits per heavy atom. The number of aromatic nitrogens is 2. The van der Waals surface area contributed by atoms with Crippen molar-refractivity contribution in [2.45, 2.75) is 83.1 Å². The van der Waals surface area contributed by atoms with Crippen LogP contribution in [0.4, 0.5) is 17.6 Å². The van der Waals surface area contributed by atoms with Crippen molar-refractivity contribution in [3.63, 3.8) is 0 Å². The van der Waals surface area contributed by atoms with Gasteiger partial charge in [-0.05, 0) is 57.2 Å². The largest absolute Gasteiger partial charge is 0.360 e. The van der Waals surface area contributed by atoms with Gasteiger partial charge in [0.15, 0.2) is 5.11 Å². The van der Waals surface area contributed by atoms with Crippen LogP contribution in [0.5, 0.6) is 0 Å². The number of hydrogen-bond donors (Lipinski definition) is 2. The van der Waals surface area contributed by atoms with E-state index in [2.05, 4.69) is 26.5 Å². The topological polar surface area (TPSA) is 56.3 Å². The smallest absolute Gasteiger partial charge is 0.232 e. The molecule has 0 amide bonds. The van der Waals surface area contributed by atoms with Gasteiger partial charge in [-0.3, -0.25) is 0 Å². The van der Waals surface area contributed by atoms with Crippen LogP contribution in [-0.4, -0.2) is 47.3 Å². The standard InChI is InChI=1S/C22H36N6S/c29-22(23-18-11-5-3-6-12-18)26-21-24-19(27-13-7-1-2-8-14-27)17-20(25-21)28-15-9-4-10-16-28/h17-18H,1-16H2,(H2,23,24,25,26,29). The highest BCUT2D eigenvalue weighted by Gasteiger charge is 2.20. The first-order chi connectivity index (χ1) is 14.3. The van der Waals surface area contributed by atoms with Crippen LogP contribution in [0.3, 0.4) is 0 Å². The van der Waals surface area contributed by atoms with Crippen molar-refractivity contribution in [2.24, 2.45) is 0 Å². The Labute approximate surface area is 180 Å². The number of nitrogens with one attached hydrogen (secondary N) is 2. The molecule has 3 aliphatic rings. The first kappa shape index (κ1) is 20.6. The van der Waals surface area contributed by atoms with E-state index in [0.29, 0.717) is 17.1 Å². The molecule has 1 aliphatic carbocycles. The highest BCUT2D eigenvalue weighted by atomic mass is 32.1. The molecule has 0 unspecified atom stereocenters. The average molecular weight is 417 g/mol. The van der Waals surface area contributed by atoms with Crippen molar-refractivity contribution < 1.29 is 0 Å². The number of thiocarbonyl (C=S) groups is 1. The van der Waals surface area contributed by atoms with Gasteiger partial charge >= 0.3 is 0 Å². The summed E-state index contributed by atoms with van der Waals surface area (Å²) >= 11 is 5.61. The first-order valence-electron chi connectivity index (χ1n) is 11.7. The molecule has 29 heavy (non-hydrogen) atoms. The Morgan fingerprint density at radius 1 is 0.759 bits per heavy atom. The molecule has 3 heterocycles. The second-order valence-corrected chi connectivity index (χ2v) is 9.20. The fourth-order valence-corrected chi connectivity index (χ4v) is 5.05. The maximum absolute atomic E-state index is 5.61. The third-order valence-corrected chi connectivity index (χ3v) is 6.69. The number of hydrogen-bond acceptors (Lipinski definition) is 5. The maximum atomic E-state index is 5.61. The van der Waals surface area contributed by atoms with Gasteiger partial charge in [0.2, 0.25) is 5.95 Å². The van der Waals surface area contributed by atoms with Crippen molar-refractivity contribution in [3.8, 4) is 0 Å². The summed E-state index contributed by atoms with van der Waals surface area (Å²) in [7, 11) is 0. The van der Waals surface area contributed by atoms with E-state index in [-0.39, 0.29) is 0 Å². The molecule has 1 aromatic rings. The summed E-state index contributed by atoms with van der Waals surface area (Å²) in [5.74, 6) is 2.73. The summed E-state index contributed by atoms with van der Waals surface area (Å²) in [4.78, 5) is 14.6. The highest BCUT2D eigenvalue weighted by Crippen LogP contribution is 2.26. The van der Waals surface area contributed by atoms with Gasteiger partial charge in [-0.2, -0.15) is 9.97 Å². The van der Waals surface area contributed by atoms with Gasteiger partial charge < -0.3 is 20.4 Å². The van der Waals surface area contributed by atoms with Crippen molar-refractivity contribution in [2.75, 3.05) is 41.3 Å². The number of rotatable bonds is 4. The van der Waals surface area contributed by atoms with Crippen LogP contribution in [0.25, 0.3) is 0 Å². The van der Waals surface area contributed by atoms with Crippen LogP contribution in [0.2, 0.25) is 0 Å². The van der Waals surface area contributed by atoms with Crippen LogP contribution < -0.4 is 20.4 Å². The Balaban J connectivity index is 1.50. The van der Waals surface area contributed by atoms with E-state index >= 15 is 0 Å². The van der Waals surface area contributed by atoms with E-state index in [1.807, 2.05) is 0 Å². The van der Waals surface area contributed by atoms with Gasteiger partial charge in [0, 0.05) is 38.3 Å². The zero-order valence-electron chi connectivity index (χ0n) is 17.7. The summed E-state index contributed by atoms with van der Waals surface area (Å²) in [6.45, 7) is 4.34. The Kier molecular flexibility index (Phi) is 7.41. The van der Waals surface area contributed by atoms with Crippen LogP contribution in [0.15, 0.2) is 6.07 Å². The summed E-state index contributed by atoms with van der Waals surface area (Å²) in [6.07, 6.45) is 15.3. The lowest BCUT2D eigenvalue weighted by Gasteiger charge is -2.30. The third kappa shape index (κ3) is 5.93. The molecular formula is C22H36N6S. The van der Waals surface area contributed by atoms with Gasteiger partial charge in [0.25, 0.3) is 0 Å². The minimum Gasteiger partial charge on any atom is -0.360 e. The SMILES string of the molecule is S=C(Nc1nc(N2CCCCCC2)cc(N2CCCCC2)n1)NC1CCCCC1. The van der Waals surface area contributed by atoms with Crippen molar-refractivity contribution in [1.29, 1.82) is 0 Å². The maximum Gasteiger partial charge on any atom is 0.232 e. The molecule has 0 radical (unpaired) electrons. The van der Waals surface area contributed by atoms with Crippen LogP contribution in [0.1, 0.15) is 77.0 Å². The van der Waals surface area contributed by atoms with E-state index in [0.717, 1.165) is 37.8 Å². The number of anilines is 3. The predicted molar refractivity (Wildman–Crippen MR) is 125 cm³/mol. The van der Waals surface area contributed by atoms with Crippen LogP contribution >= 0.6 is 12.2 Å². The fourth-order valence-electron chi connectivity index (χ4n) is 4.79. The zero-order valence-corrected chi connectivity index (χ0v) is 18.5. The minimum atomic E-state index is 0.485. The van der Waals surface area contributed by atoms with Crippen molar-refractivity contribution in [1.82, 2.24) is 15.3 Å². The number of nitrogens with zero attached hydrogens (tertiary/aromatic N) is 4. The first-order valence-corrected chi connectivity index (χ1v) is 12.2. The molecule has 1 saturated carbocycles. The molecular weight excluding hydrogens is 380 g/mol. The second kappa shape index (κ2) is 10.4. The summed E-state index contributed by atoms with van der Waals surface area (Å²) in [6, 6.07) is 2.68. The molecule has 2 saturated heterocycles. The van der Waals surface area contributed by atoms with E-state index in [1.165, 1.54) is 77.0 Å². The van der Waals surface area contributed by atoms with Crippen molar-refractivity contribution >= 4 is 34.9 Å². The van der Waals surface area contributed by atoms with Gasteiger partial charge in [0.05, 0.1) is 0 Å². The van der Waals surface area contributed by atoms with Gasteiger partial charge in [-0.25, -0.2) is 0 Å². The molecule has 3 fully saturated rings. The highest BCUT2D eigenvalue weighted by molar-refractivity contribution is 7.80. The lowest BCUT2D eigenvalue weighted by molar-refractivity contribution is 0.414. The van der Waals surface area contributed by atoms with Crippen molar-refractivity contribution in [3.05, 3.63) is 6.07 Å². The zero-order chi connectivity index (χ0) is 19.9. The second-order valence-electron chi connectivity index (χ2n) is 8.79.